The van der Waals surface area contributed by atoms with Gasteiger partial charge in [0, 0.05) is 39.2 Å². The first-order valence-corrected chi connectivity index (χ1v) is 9.65. The van der Waals surface area contributed by atoms with Crippen molar-refractivity contribution >= 4 is 28.7 Å². The predicted octanol–water partition coefficient (Wildman–Crippen LogP) is 3.15. The summed E-state index contributed by atoms with van der Waals surface area (Å²) in [6.45, 7) is 10.8. The van der Waals surface area contributed by atoms with Crippen molar-refractivity contribution in [2.75, 3.05) is 25.4 Å². The van der Waals surface area contributed by atoms with E-state index in [4.69, 9.17) is 0 Å². The molecule has 0 fully saturated rings. The van der Waals surface area contributed by atoms with Gasteiger partial charge in [0.1, 0.15) is 0 Å². The van der Waals surface area contributed by atoms with Gasteiger partial charge in [-0.05, 0) is 44.6 Å². The molecule has 0 aliphatic carbocycles. The first-order valence-electron chi connectivity index (χ1n) is 8.67. The average Bonchev–Trinajstić information content (AvgIpc) is 2.50. The van der Waals surface area contributed by atoms with Crippen molar-refractivity contribution in [2.24, 2.45) is 0 Å². The molecule has 0 aliphatic rings. The molecule has 0 aromatic rings. The number of hydrogen-bond donors (Lipinski definition) is 1. The molecule has 0 aromatic carbocycles. The summed E-state index contributed by atoms with van der Waals surface area (Å²) in [4.78, 5) is 35.7. The summed E-state index contributed by atoms with van der Waals surface area (Å²) >= 11 is 1.32. The zero-order valence-corrected chi connectivity index (χ0v) is 16.2. The molecule has 2 amide bonds. The highest BCUT2D eigenvalue weighted by Gasteiger charge is 2.08. The lowest BCUT2D eigenvalue weighted by atomic mass is 10.2. The molecule has 6 heteroatoms. The molecule has 24 heavy (non-hydrogen) atoms. The second kappa shape index (κ2) is 14.1. The van der Waals surface area contributed by atoms with Crippen LogP contribution in [-0.2, 0) is 14.4 Å². The fourth-order valence-electron chi connectivity index (χ4n) is 2.17. The molecule has 0 rings (SSSR count). The molecule has 0 saturated heterocycles. The van der Waals surface area contributed by atoms with Crippen molar-refractivity contribution in [1.29, 1.82) is 0 Å². The van der Waals surface area contributed by atoms with Crippen molar-refractivity contribution in [3.8, 4) is 0 Å². The van der Waals surface area contributed by atoms with E-state index in [0.29, 0.717) is 12.1 Å². The van der Waals surface area contributed by atoms with Crippen LogP contribution in [0.5, 0.6) is 0 Å². The van der Waals surface area contributed by atoms with Gasteiger partial charge in [0.05, 0.1) is 0 Å². The van der Waals surface area contributed by atoms with Crippen molar-refractivity contribution in [3.63, 3.8) is 0 Å². The Hall–Kier alpha value is -1.30. The topological polar surface area (TPSA) is 66.5 Å². The van der Waals surface area contributed by atoms with Crippen molar-refractivity contribution < 1.29 is 14.4 Å². The molecule has 0 saturated carbocycles. The van der Waals surface area contributed by atoms with E-state index in [2.05, 4.69) is 11.9 Å². The fraction of sp³-hybridized carbons (Fsp3) is 0.722. The minimum Gasteiger partial charge on any atom is -0.356 e. The van der Waals surface area contributed by atoms with Gasteiger partial charge in [-0.2, -0.15) is 0 Å². The van der Waals surface area contributed by atoms with Gasteiger partial charge in [-0.3, -0.25) is 14.4 Å². The number of carbonyl (C=O) groups excluding carboxylic acids is 3. The number of nitrogens with zero attached hydrogens (tertiary/aromatic N) is 1. The number of amides is 2. The van der Waals surface area contributed by atoms with Crippen molar-refractivity contribution in [1.82, 2.24) is 10.2 Å². The number of hydrogen-bond acceptors (Lipinski definition) is 4. The van der Waals surface area contributed by atoms with Crippen LogP contribution >= 0.6 is 11.8 Å². The van der Waals surface area contributed by atoms with Crippen LogP contribution in [0, 0.1) is 0 Å². The summed E-state index contributed by atoms with van der Waals surface area (Å²) in [5.74, 6) is 0.932. The maximum absolute atomic E-state index is 11.6. The summed E-state index contributed by atoms with van der Waals surface area (Å²) in [6, 6.07) is 0. The summed E-state index contributed by atoms with van der Waals surface area (Å²) in [6.07, 6.45) is 5.87. The van der Waals surface area contributed by atoms with Crippen molar-refractivity contribution in [3.05, 3.63) is 12.2 Å². The predicted molar refractivity (Wildman–Crippen MR) is 101 cm³/mol. The highest BCUT2D eigenvalue weighted by molar-refractivity contribution is 8.14. The van der Waals surface area contributed by atoms with Crippen LogP contribution in [-0.4, -0.2) is 47.2 Å². The Labute approximate surface area is 150 Å². The van der Waals surface area contributed by atoms with Crippen LogP contribution < -0.4 is 5.32 Å². The monoisotopic (exact) mass is 356 g/mol. The maximum atomic E-state index is 11.6. The lowest BCUT2D eigenvalue weighted by Gasteiger charge is -2.21. The Balaban J connectivity index is 3.70. The Kier molecular flexibility index (Phi) is 13.3. The third kappa shape index (κ3) is 13.2. The quantitative estimate of drug-likeness (QED) is 0.407. The van der Waals surface area contributed by atoms with E-state index in [9.17, 15) is 14.4 Å². The molecule has 0 heterocycles. The Morgan fingerprint density at radius 1 is 0.917 bits per heavy atom. The standard InChI is InChI=1S/C18H32N2O3S/c1-15(2)18(23)24-14-10-6-9-13-20(17(4)22)12-8-5-7-11-19-16(3)21/h1,5-14H2,2-4H3,(H,19,21). The van der Waals surface area contributed by atoms with Gasteiger partial charge in [-0.15, -0.1) is 0 Å². The van der Waals surface area contributed by atoms with E-state index >= 15 is 0 Å². The van der Waals surface area contributed by atoms with Gasteiger partial charge < -0.3 is 10.2 Å². The molecule has 0 radical (unpaired) electrons. The van der Waals surface area contributed by atoms with Crippen LogP contribution in [0.3, 0.4) is 0 Å². The second-order valence-electron chi connectivity index (χ2n) is 6.03. The van der Waals surface area contributed by atoms with E-state index in [1.54, 1.807) is 13.8 Å². The van der Waals surface area contributed by atoms with E-state index in [1.807, 2.05) is 4.90 Å². The first kappa shape index (κ1) is 22.7. The molecule has 138 valence electrons. The van der Waals surface area contributed by atoms with Crippen LogP contribution in [0.25, 0.3) is 0 Å². The molecule has 0 unspecified atom stereocenters. The Morgan fingerprint density at radius 3 is 2.00 bits per heavy atom. The maximum Gasteiger partial charge on any atom is 0.219 e. The number of unbranched alkanes of at least 4 members (excludes halogenated alkanes) is 4. The minimum absolute atomic E-state index is 0.00322. The van der Waals surface area contributed by atoms with Gasteiger partial charge in [0.2, 0.25) is 16.9 Å². The van der Waals surface area contributed by atoms with E-state index < -0.39 is 0 Å². The number of rotatable bonds is 13. The first-order chi connectivity index (χ1) is 11.3. The smallest absolute Gasteiger partial charge is 0.219 e. The van der Waals surface area contributed by atoms with E-state index in [1.165, 1.54) is 18.7 Å². The van der Waals surface area contributed by atoms with Crippen LogP contribution in [0.1, 0.15) is 59.3 Å². The lowest BCUT2D eigenvalue weighted by molar-refractivity contribution is -0.129. The van der Waals surface area contributed by atoms with Gasteiger partial charge in [0.25, 0.3) is 0 Å². The molecule has 0 aromatic heterocycles. The highest BCUT2D eigenvalue weighted by Crippen LogP contribution is 2.12. The van der Waals surface area contributed by atoms with Crippen LogP contribution in [0.2, 0.25) is 0 Å². The molecule has 5 nitrogen and oxygen atoms in total. The number of nitrogens with one attached hydrogen (secondary N) is 1. The largest absolute Gasteiger partial charge is 0.356 e. The lowest BCUT2D eigenvalue weighted by Crippen LogP contribution is -2.31. The third-order valence-electron chi connectivity index (χ3n) is 3.58. The van der Waals surface area contributed by atoms with E-state index in [0.717, 1.165) is 57.4 Å². The fourth-order valence-corrected chi connectivity index (χ4v) is 2.95. The third-order valence-corrected chi connectivity index (χ3v) is 4.68. The second-order valence-corrected chi connectivity index (χ2v) is 7.09. The molecule has 0 aliphatic heterocycles. The molecular formula is C18H32N2O3S. The number of thioether (sulfide) groups is 1. The molecule has 0 atom stereocenters. The summed E-state index contributed by atoms with van der Waals surface area (Å²) in [7, 11) is 0. The summed E-state index contributed by atoms with van der Waals surface area (Å²) in [5, 5.41) is 2.84. The van der Waals surface area contributed by atoms with E-state index in [-0.39, 0.29) is 16.9 Å². The summed E-state index contributed by atoms with van der Waals surface area (Å²) in [5.41, 5.74) is 0.598. The van der Waals surface area contributed by atoms with Gasteiger partial charge >= 0.3 is 0 Å². The molecule has 0 bridgehead atoms. The Morgan fingerprint density at radius 2 is 1.50 bits per heavy atom. The molecule has 0 spiro atoms. The van der Waals surface area contributed by atoms with Crippen LogP contribution in [0.4, 0.5) is 0 Å². The Bertz CT molecular complexity index is 424. The normalized spacial score (nSPS) is 10.3. The van der Waals surface area contributed by atoms with Gasteiger partial charge in [-0.25, -0.2) is 0 Å². The minimum atomic E-state index is 0.00322. The zero-order valence-electron chi connectivity index (χ0n) is 15.4. The van der Waals surface area contributed by atoms with Gasteiger partial charge in [-0.1, -0.05) is 24.8 Å². The highest BCUT2D eigenvalue weighted by atomic mass is 32.2. The van der Waals surface area contributed by atoms with Crippen molar-refractivity contribution in [2.45, 2.75) is 59.3 Å². The molecule has 1 N–H and O–H groups in total. The number of carbonyl (C=O) groups is 3. The molecular weight excluding hydrogens is 324 g/mol. The average molecular weight is 357 g/mol. The van der Waals surface area contributed by atoms with Gasteiger partial charge in [0.15, 0.2) is 0 Å². The zero-order chi connectivity index (χ0) is 18.4. The summed E-state index contributed by atoms with van der Waals surface area (Å²) < 4.78 is 0. The SMILES string of the molecule is C=C(C)C(=O)SCCCCCN(CCCCCNC(C)=O)C(C)=O. The van der Waals surface area contributed by atoms with Crippen LogP contribution in [0.15, 0.2) is 12.2 Å².